The highest BCUT2D eigenvalue weighted by Crippen LogP contribution is 2.33. The van der Waals surface area contributed by atoms with Crippen LogP contribution in [0.1, 0.15) is 31.9 Å². The third-order valence-corrected chi connectivity index (χ3v) is 6.63. The Hall–Kier alpha value is -5.01. The van der Waals surface area contributed by atoms with Crippen LogP contribution in [0.5, 0.6) is 5.75 Å². The van der Waals surface area contributed by atoms with Gasteiger partial charge in [-0.15, -0.1) is 0 Å². The van der Waals surface area contributed by atoms with E-state index in [9.17, 15) is 19.6 Å². The molecule has 0 saturated heterocycles. The monoisotopic (exact) mass is 568 g/mol. The molecule has 0 saturated carbocycles. The van der Waals surface area contributed by atoms with E-state index in [4.69, 9.17) is 19.3 Å². The van der Waals surface area contributed by atoms with Gasteiger partial charge in [0.05, 0.1) is 37.7 Å². The van der Waals surface area contributed by atoms with Gasteiger partial charge in [0.1, 0.15) is 24.0 Å². The van der Waals surface area contributed by atoms with Crippen LogP contribution >= 0.6 is 0 Å². The fraction of sp³-hybridized carbons (Fsp3) is 0.281. The second kappa shape index (κ2) is 13.6. The molecule has 0 bridgehead atoms. The molecule has 2 amide bonds. The Balaban J connectivity index is 1.73. The molecule has 0 atom stereocenters. The molecule has 10 heteroatoms. The lowest BCUT2D eigenvalue weighted by Crippen LogP contribution is -2.44. The third-order valence-electron chi connectivity index (χ3n) is 6.63. The molecule has 3 aromatic rings. The SMILES string of the molecule is CCOc1ccc(-c2nn(-c3ccccc3)cc2/C=C2/C(=O)N(CCOCCOC(C)=O)C(=O)C(C#N)=C2C)cc1C. The summed E-state index contributed by atoms with van der Waals surface area (Å²) in [5, 5.41) is 14.6. The molecule has 4 rings (SSSR count). The Morgan fingerprint density at radius 2 is 1.81 bits per heavy atom. The minimum atomic E-state index is -0.678. The highest BCUT2D eigenvalue weighted by atomic mass is 16.6. The number of rotatable bonds is 11. The summed E-state index contributed by atoms with van der Waals surface area (Å²) in [7, 11) is 0. The zero-order valence-electron chi connectivity index (χ0n) is 24.0. The van der Waals surface area contributed by atoms with Gasteiger partial charge in [-0.3, -0.25) is 19.3 Å². The number of benzene rings is 2. The molecule has 1 aliphatic rings. The highest BCUT2D eigenvalue weighted by Gasteiger charge is 2.35. The molecule has 0 aliphatic carbocycles. The second-order valence-electron chi connectivity index (χ2n) is 9.51. The standard InChI is InChI=1S/C32H32N4O6/c1-5-41-29-12-11-24(17-21(29)2)30-25(20-36(34-30)26-9-7-6-8-10-26)18-27-22(3)28(19-33)32(39)35(31(27)38)13-14-40-15-16-42-23(4)37/h6-12,17-18,20H,5,13-16H2,1-4H3/b27-18+. The van der Waals surface area contributed by atoms with E-state index in [1.807, 2.05) is 74.6 Å². The van der Waals surface area contributed by atoms with Gasteiger partial charge in [0.25, 0.3) is 11.8 Å². The predicted octanol–water partition coefficient (Wildman–Crippen LogP) is 4.42. The number of carbonyl (C=O) groups excluding carboxylic acids is 3. The number of imide groups is 1. The number of para-hydroxylation sites is 1. The first kappa shape index (κ1) is 30.0. The lowest BCUT2D eigenvalue weighted by Gasteiger charge is -2.27. The molecule has 0 unspecified atom stereocenters. The zero-order chi connectivity index (χ0) is 30.2. The molecule has 42 heavy (non-hydrogen) atoms. The summed E-state index contributed by atoms with van der Waals surface area (Å²) in [6.45, 7) is 7.44. The van der Waals surface area contributed by atoms with E-state index in [1.165, 1.54) is 6.92 Å². The lowest BCUT2D eigenvalue weighted by molar-refractivity contribution is -0.142. The Morgan fingerprint density at radius 3 is 2.48 bits per heavy atom. The van der Waals surface area contributed by atoms with Crippen molar-refractivity contribution in [2.45, 2.75) is 27.7 Å². The van der Waals surface area contributed by atoms with Gasteiger partial charge in [-0.05, 0) is 68.3 Å². The summed E-state index contributed by atoms with van der Waals surface area (Å²) in [6, 6.07) is 17.3. The van der Waals surface area contributed by atoms with Crippen molar-refractivity contribution >= 4 is 23.9 Å². The molecule has 216 valence electrons. The van der Waals surface area contributed by atoms with E-state index in [2.05, 4.69) is 0 Å². The van der Waals surface area contributed by atoms with Crippen molar-refractivity contribution in [3.8, 4) is 28.8 Å². The Kier molecular flexibility index (Phi) is 9.68. The number of carbonyl (C=O) groups is 3. The molecule has 2 heterocycles. The fourth-order valence-electron chi connectivity index (χ4n) is 4.53. The predicted molar refractivity (Wildman–Crippen MR) is 155 cm³/mol. The molecule has 1 aromatic heterocycles. The average molecular weight is 569 g/mol. The molecule has 2 aromatic carbocycles. The van der Waals surface area contributed by atoms with Crippen molar-refractivity contribution in [3.63, 3.8) is 0 Å². The van der Waals surface area contributed by atoms with Crippen molar-refractivity contribution in [2.75, 3.05) is 33.0 Å². The third kappa shape index (κ3) is 6.65. The van der Waals surface area contributed by atoms with Crippen molar-refractivity contribution < 1.29 is 28.6 Å². The fourth-order valence-corrected chi connectivity index (χ4v) is 4.53. The molecule has 0 spiro atoms. The Bertz CT molecular complexity index is 1600. The van der Waals surface area contributed by atoms with Crippen LogP contribution in [0, 0.1) is 18.3 Å². The van der Waals surface area contributed by atoms with Gasteiger partial charge in [-0.2, -0.15) is 10.4 Å². The van der Waals surface area contributed by atoms with E-state index in [0.29, 0.717) is 23.4 Å². The van der Waals surface area contributed by atoms with Crippen LogP contribution in [0.4, 0.5) is 0 Å². The second-order valence-corrected chi connectivity index (χ2v) is 9.51. The maximum Gasteiger partial charge on any atom is 0.302 e. The summed E-state index contributed by atoms with van der Waals surface area (Å²) in [5.74, 6) is -0.874. The quantitative estimate of drug-likeness (QED) is 0.144. The number of esters is 1. The molecule has 0 radical (unpaired) electrons. The molecule has 0 fully saturated rings. The Labute approximate surface area is 244 Å². The van der Waals surface area contributed by atoms with Crippen LogP contribution in [-0.2, 0) is 23.9 Å². The average Bonchev–Trinajstić information content (AvgIpc) is 3.40. The van der Waals surface area contributed by atoms with E-state index in [1.54, 1.807) is 17.7 Å². The van der Waals surface area contributed by atoms with Gasteiger partial charge in [0, 0.05) is 29.8 Å². The first-order valence-corrected chi connectivity index (χ1v) is 13.5. The van der Waals surface area contributed by atoms with Crippen LogP contribution < -0.4 is 4.74 Å². The van der Waals surface area contributed by atoms with E-state index >= 15 is 0 Å². The minimum absolute atomic E-state index is 0.0203. The Morgan fingerprint density at radius 1 is 1.05 bits per heavy atom. The van der Waals surface area contributed by atoms with Crippen molar-refractivity contribution in [2.24, 2.45) is 0 Å². The summed E-state index contributed by atoms with van der Waals surface area (Å²) in [4.78, 5) is 38.6. The van der Waals surface area contributed by atoms with Crippen LogP contribution in [-0.4, -0.2) is 65.4 Å². The molecule has 10 nitrogen and oxygen atoms in total. The van der Waals surface area contributed by atoms with E-state index in [0.717, 1.165) is 27.5 Å². The summed E-state index contributed by atoms with van der Waals surface area (Å²) in [5.41, 5.74) is 4.22. The number of aromatic nitrogens is 2. The van der Waals surface area contributed by atoms with Gasteiger partial charge >= 0.3 is 5.97 Å². The van der Waals surface area contributed by atoms with E-state index < -0.39 is 17.8 Å². The minimum Gasteiger partial charge on any atom is -0.494 e. The number of ether oxygens (including phenoxy) is 3. The van der Waals surface area contributed by atoms with Crippen molar-refractivity contribution in [3.05, 3.63) is 82.6 Å². The van der Waals surface area contributed by atoms with Crippen LogP contribution in [0.15, 0.2) is 71.4 Å². The number of aryl methyl sites for hydroxylation is 1. The van der Waals surface area contributed by atoms with Gasteiger partial charge < -0.3 is 14.2 Å². The normalized spacial score (nSPS) is 14.4. The van der Waals surface area contributed by atoms with E-state index in [-0.39, 0.29) is 37.5 Å². The number of nitriles is 1. The maximum absolute atomic E-state index is 13.6. The summed E-state index contributed by atoms with van der Waals surface area (Å²) < 4.78 is 17.7. The van der Waals surface area contributed by atoms with Gasteiger partial charge in [0.15, 0.2) is 0 Å². The zero-order valence-corrected chi connectivity index (χ0v) is 24.0. The van der Waals surface area contributed by atoms with Crippen molar-refractivity contribution in [1.29, 1.82) is 5.26 Å². The van der Waals surface area contributed by atoms with Crippen molar-refractivity contribution in [1.82, 2.24) is 14.7 Å². The number of nitrogens with zero attached hydrogens (tertiary/aromatic N) is 4. The molecular formula is C32H32N4O6. The lowest BCUT2D eigenvalue weighted by atomic mass is 9.93. The number of hydrogen-bond donors (Lipinski definition) is 0. The molecular weight excluding hydrogens is 536 g/mol. The number of hydrogen-bond acceptors (Lipinski definition) is 8. The molecule has 0 N–H and O–H groups in total. The van der Waals surface area contributed by atoms with Crippen LogP contribution in [0.3, 0.4) is 0 Å². The van der Waals surface area contributed by atoms with Crippen LogP contribution in [0.2, 0.25) is 0 Å². The first-order valence-electron chi connectivity index (χ1n) is 13.5. The first-order chi connectivity index (χ1) is 20.2. The smallest absolute Gasteiger partial charge is 0.302 e. The van der Waals surface area contributed by atoms with Crippen LogP contribution in [0.25, 0.3) is 23.0 Å². The largest absolute Gasteiger partial charge is 0.494 e. The molecule has 1 aliphatic heterocycles. The maximum atomic E-state index is 13.6. The van der Waals surface area contributed by atoms with Gasteiger partial charge in [-0.1, -0.05) is 18.2 Å². The number of amides is 2. The topological polar surface area (TPSA) is 124 Å². The van der Waals surface area contributed by atoms with Gasteiger partial charge in [-0.25, -0.2) is 4.68 Å². The summed E-state index contributed by atoms with van der Waals surface area (Å²) in [6.07, 6.45) is 3.48. The summed E-state index contributed by atoms with van der Waals surface area (Å²) >= 11 is 0. The highest BCUT2D eigenvalue weighted by molar-refractivity contribution is 6.19. The van der Waals surface area contributed by atoms with Gasteiger partial charge in [0.2, 0.25) is 0 Å².